The second kappa shape index (κ2) is 5.71. The third-order valence-corrected chi connectivity index (χ3v) is 3.54. The van der Waals surface area contributed by atoms with Crippen LogP contribution in [0.5, 0.6) is 5.75 Å². The minimum Gasteiger partial charge on any atom is -0.497 e. The van der Waals surface area contributed by atoms with E-state index in [2.05, 4.69) is 5.32 Å². The molecule has 1 aromatic carbocycles. The Morgan fingerprint density at radius 1 is 1.50 bits per heavy atom. The molecule has 0 saturated carbocycles. The molecule has 2 rings (SSSR count). The van der Waals surface area contributed by atoms with Gasteiger partial charge in [0.15, 0.2) is 0 Å². The van der Waals surface area contributed by atoms with Gasteiger partial charge in [-0.25, -0.2) is 0 Å². The van der Waals surface area contributed by atoms with Gasteiger partial charge in [-0.15, -0.1) is 0 Å². The molecule has 1 amide bonds. The minimum atomic E-state index is -0.193. The Kier molecular flexibility index (Phi) is 4.18. The molecule has 1 aliphatic heterocycles. The molecule has 0 radical (unpaired) electrons. The molecule has 1 aliphatic rings. The van der Waals surface area contributed by atoms with Gasteiger partial charge in [0.1, 0.15) is 5.75 Å². The number of anilines is 1. The highest BCUT2D eigenvalue weighted by Gasteiger charge is 2.30. The lowest BCUT2D eigenvalue weighted by Crippen LogP contribution is -2.45. The number of amides is 1. The first-order chi connectivity index (χ1) is 9.41. The highest BCUT2D eigenvalue weighted by Crippen LogP contribution is 2.25. The van der Waals surface area contributed by atoms with Gasteiger partial charge < -0.3 is 20.5 Å². The molecule has 0 bridgehead atoms. The lowest BCUT2D eigenvalue weighted by molar-refractivity contribution is -0.0615. The number of nitrogen functional groups attached to an aromatic ring is 1. The van der Waals surface area contributed by atoms with Crippen LogP contribution in [0, 0.1) is 0 Å². The molecule has 3 N–H and O–H groups in total. The molecule has 1 saturated heterocycles. The lowest BCUT2D eigenvalue weighted by Gasteiger charge is -2.35. The van der Waals surface area contributed by atoms with Gasteiger partial charge in [0.25, 0.3) is 5.91 Å². The van der Waals surface area contributed by atoms with Crippen LogP contribution in [0.25, 0.3) is 0 Å². The summed E-state index contributed by atoms with van der Waals surface area (Å²) in [5, 5.41) is 3.03. The van der Waals surface area contributed by atoms with Crippen molar-refractivity contribution in [3.63, 3.8) is 0 Å². The summed E-state index contributed by atoms with van der Waals surface area (Å²) in [6.45, 7) is 4.73. The molecule has 1 atom stereocenters. The van der Waals surface area contributed by atoms with Crippen LogP contribution in [-0.4, -0.2) is 31.3 Å². The van der Waals surface area contributed by atoms with E-state index in [1.165, 1.54) is 0 Å². The van der Waals surface area contributed by atoms with Crippen molar-refractivity contribution in [2.45, 2.75) is 38.3 Å². The predicted molar refractivity (Wildman–Crippen MR) is 77.9 cm³/mol. The third kappa shape index (κ3) is 3.42. The molecule has 0 spiro atoms. The van der Waals surface area contributed by atoms with Gasteiger partial charge in [0.05, 0.1) is 18.3 Å². The summed E-state index contributed by atoms with van der Waals surface area (Å²) in [6, 6.07) is 5.20. The number of benzene rings is 1. The van der Waals surface area contributed by atoms with Gasteiger partial charge in [-0.05, 0) is 38.8 Å². The Balaban J connectivity index is 2.05. The largest absolute Gasteiger partial charge is 0.497 e. The minimum absolute atomic E-state index is 0.118. The number of rotatable bonds is 3. The average Bonchev–Trinajstić information content (AvgIpc) is 2.37. The van der Waals surface area contributed by atoms with E-state index < -0.39 is 0 Å². The highest BCUT2D eigenvalue weighted by atomic mass is 16.5. The fourth-order valence-electron chi connectivity index (χ4n) is 2.49. The lowest BCUT2D eigenvalue weighted by atomic mass is 9.93. The molecule has 0 aromatic heterocycles. The van der Waals surface area contributed by atoms with Crippen LogP contribution < -0.4 is 15.8 Å². The highest BCUT2D eigenvalue weighted by molar-refractivity contribution is 5.99. The van der Waals surface area contributed by atoms with Crippen molar-refractivity contribution in [2.75, 3.05) is 19.5 Å². The first kappa shape index (κ1) is 14.7. The van der Waals surface area contributed by atoms with Crippen molar-refractivity contribution >= 4 is 11.6 Å². The van der Waals surface area contributed by atoms with Crippen LogP contribution in [0.4, 0.5) is 5.69 Å². The molecule has 5 heteroatoms. The molecular weight excluding hydrogens is 256 g/mol. The molecule has 110 valence electrons. The number of hydrogen-bond donors (Lipinski definition) is 2. The average molecular weight is 278 g/mol. The van der Waals surface area contributed by atoms with Crippen molar-refractivity contribution in [1.29, 1.82) is 0 Å². The second-order valence-electron chi connectivity index (χ2n) is 5.72. The number of carbonyl (C=O) groups excluding carboxylic acids is 1. The Bertz CT molecular complexity index is 500. The molecule has 5 nitrogen and oxygen atoms in total. The molecule has 1 heterocycles. The molecule has 20 heavy (non-hydrogen) atoms. The van der Waals surface area contributed by atoms with E-state index in [-0.39, 0.29) is 17.6 Å². The molecular formula is C15H22N2O3. The SMILES string of the molecule is COc1ccc(C(=O)NC2CCOC(C)(C)C2)c(N)c1. The number of ether oxygens (including phenoxy) is 2. The summed E-state index contributed by atoms with van der Waals surface area (Å²) in [4.78, 5) is 12.3. The summed E-state index contributed by atoms with van der Waals surface area (Å²) in [5.41, 5.74) is 6.60. The first-order valence-corrected chi connectivity index (χ1v) is 6.79. The normalized spacial score (nSPS) is 21.2. The topological polar surface area (TPSA) is 73.6 Å². The summed E-state index contributed by atoms with van der Waals surface area (Å²) in [6.07, 6.45) is 1.63. The van der Waals surface area contributed by atoms with Gasteiger partial charge in [-0.1, -0.05) is 0 Å². The Morgan fingerprint density at radius 2 is 2.25 bits per heavy atom. The van der Waals surface area contributed by atoms with E-state index in [4.69, 9.17) is 15.2 Å². The van der Waals surface area contributed by atoms with Gasteiger partial charge >= 0.3 is 0 Å². The Morgan fingerprint density at radius 3 is 2.85 bits per heavy atom. The maximum Gasteiger partial charge on any atom is 0.253 e. The predicted octanol–water partition coefficient (Wildman–Crippen LogP) is 1.96. The van der Waals surface area contributed by atoms with E-state index in [0.717, 1.165) is 12.8 Å². The van der Waals surface area contributed by atoms with E-state index in [1.807, 2.05) is 13.8 Å². The maximum atomic E-state index is 12.3. The van der Waals surface area contributed by atoms with Crippen LogP contribution in [0.2, 0.25) is 0 Å². The smallest absolute Gasteiger partial charge is 0.253 e. The van der Waals surface area contributed by atoms with Crippen molar-refractivity contribution in [2.24, 2.45) is 0 Å². The Hall–Kier alpha value is -1.75. The first-order valence-electron chi connectivity index (χ1n) is 6.79. The van der Waals surface area contributed by atoms with Crippen LogP contribution in [0.15, 0.2) is 18.2 Å². The standard InChI is InChI=1S/C15H22N2O3/c1-15(2)9-10(6-7-20-15)17-14(18)12-5-4-11(19-3)8-13(12)16/h4-5,8,10H,6-7,9,16H2,1-3H3,(H,17,18). The zero-order valence-electron chi connectivity index (χ0n) is 12.2. The maximum absolute atomic E-state index is 12.3. The van der Waals surface area contributed by atoms with Gasteiger partial charge in [0, 0.05) is 24.4 Å². The number of nitrogens with two attached hydrogens (primary N) is 1. The van der Waals surface area contributed by atoms with E-state index in [1.54, 1.807) is 25.3 Å². The van der Waals surface area contributed by atoms with Gasteiger partial charge in [-0.2, -0.15) is 0 Å². The number of carbonyl (C=O) groups is 1. The summed E-state index contributed by atoms with van der Waals surface area (Å²) < 4.78 is 10.7. The quantitative estimate of drug-likeness (QED) is 0.829. The second-order valence-corrected chi connectivity index (χ2v) is 5.72. The van der Waals surface area contributed by atoms with Gasteiger partial charge in [-0.3, -0.25) is 4.79 Å². The van der Waals surface area contributed by atoms with Crippen molar-refractivity contribution < 1.29 is 14.3 Å². The van der Waals surface area contributed by atoms with Crippen molar-refractivity contribution in [1.82, 2.24) is 5.32 Å². The molecule has 1 unspecified atom stereocenters. The number of nitrogens with one attached hydrogen (secondary N) is 1. The zero-order valence-corrected chi connectivity index (χ0v) is 12.2. The summed E-state index contributed by atoms with van der Waals surface area (Å²) in [5.74, 6) is 0.499. The van der Waals surface area contributed by atoms with Crippen molar-refractivity contribution in [3.05, 3.63) is 23.8 Å². The van der Waals surface area contributed by atoms with E-state index in [9.17, 15) is 4.79 Å². The van der Waals surface area contributed by atoms with Crippen LogP contribution in [-0.2, 0) is 4.74 Å². The fourth-order valence-corrected chi connectivity index (χ4v) is 2.49. The third-order valence-electron chi connectivity index (χ3n) is 3.54. The zero-order chi connectivity index (χ0) is 14.8. The molecule has 1 fully saturated rings. The molecule has 0 aliphatic carbocycles. The van der Waals surface area contributed by atoms with E-state index in [0.29, 0.717) is 23.6 Å². The summed E-state index contributed by atoms with van der Waals surface area (Å²) in [7, 11) is 1.57. The fraction of sp³-hybridized carbons (Fsp3) is 0.533. The van der Waals surface area contributed by atoms with Gasteiger partial charge in [0.2, 0.25) is 0 Å². The summed E-state index contributed by atoms with van der Waals surface area (Å²) >= 11 is 0. The van der Waals surface area contributed by atoms with Crippen LogP contribution >= 0.6 is 0 Å². The Labute approximate surface area is 119 Å². The number of methoxy groups -OCH3 is 1. The molecule has 1 aromatic rings. The van der Waals surface area contributed by atoms with Crippen molar-refractivity contribution in [3.8, 4) is 5.75 Å². The van der Waals surface area contributed by atoms with Crippen LogP contribution in [0.1, 0.15) is 37.0 Å². The van der Waals surface area contributed by atoms with E-state index >= 15 is 0 Å². The number of hydrogen-bond acceptors (Lipinski definition) is 4. The monoisotopic (exact) mass is 278 g/mol. The van der Waals surface area contributed by atoms with Crippen LogP contribution in [0.3, 0.4) is 0 Å².